The molecule has 0 unspecified atom stereocenters. The van der Waals surface area contributed by atoms with Crippen molar-refractivity contribution in [3.8, 4) is 17.0 Å². The number of carbonyl (C=O) groups excluding carboxylic acids is 1. The van der Waals surface area contributed by atoms with Crippen molar-refractivity contribution >= 4 is 17.2 Å². The average molecular weight is 525 g/mol. The van der Waals surface area contributed by atoms with Crippen LogP contribution in [-0.4, -0.2) is 47.2 Å². The van der Waals surface area contributed by atoms with E-state index in [0.717, 1.165) is 23.9 Å². The van der Waals surface area contributed by atoms with E-state index in [1.54, 1.807) is 41.3 Å². The molecular formula is C25H23F3N8O2. The van der Waals surface area contributed by atoms with E-state index in [4.69, 9.17) is 4.74 Å². The first-order valence-electron chi connectivity index (χ1n) is 11.6. The van der Waals surface area contributed by atoms with Crippen LogP contribution in [-0.2, 0) is 19.3 Å². The van der Waals surface area contributed by atoms with E-state index in [2.05, 4.69) is 25.6 Å². The standard InChI is InChI=1S/C25H23F3N8O2/c1-4-35-15(2)17(11-30-35)13-34-14-18(12-29-34)31-24(37)21-10-23-32-20(16-5-7-19(38-3)8-6-16)9-22(25(26,27)28)36(23)33-21/h5-12,14H,4,13H2,1-3H3,(H,31,37). The Morgan fingerprint density at radius 1 is 1.11 bits per heavy atom. The topological polar surface area (TPSA) is 104 Å². The van der Waals surface area contributed by atoms with E-state index in [-0.39, 0.29) is 17.0 Å². The summed E-state index contributed by atoms with van der Waals surface area (Å²) in [4.78, 5) is 17.2. The van der Waals surface area contributed by atoms with Crippen LogP contribution in [0.5, 0.6) is 5.75 Å². The molecule has 0 fully saturated rings. The number of fused-ring (bicyclic) bond motifs is 1. The van der Waals surface area contributed by atoms with Gasteiger partial charge in [-0.3, -0.25) is 14.2 Å². The lowest BCUT2D eigenvalue weighted by Gasteiger charge is -2.11. The first-order valence-corrected chi connectivity index (χ1v) is 11.6. The molecule has 5 aromatic rings. The van der Waals surface area contributed by atoms with Crippen molar-refractivity contribution in [3.63, 3.8) is 0 Å². The minimum atomic E-state index is -4.73. The molecule has 0 aliphatic heterocycles. The minimum absolute atomic E-state index is 0.0855. The van der Waals surface area contributed by atoms with Gasteiger partial charge >= 0.3 is 6.18 Å². The Kier molecular flexibility index (Phi) is 6.35. The van der Waals surface area contributed by atoms with Gasteiger partial charge in [0.15, 0.2) is 17.0 Å². The summed E-state index contributed by atoms with van der Waals surface area (Å²) in [7, 11) is 1.49. The summed E-state index contributed by atoms with van der Waals surface area (Å²) in [6, 6.07) is 8.57. The van der Waals surface area contributed by atoms with Gasteiger partial charge in [-0.15, -0.1) is 0 Å². The molecule has 5 rings (SSSR count). The fraction of sp³-hybridized carbons (Fsp3) is 0.240. The quantitative estimate of drug-likeness (QED) is 0.338. The van der Waals surface area contributed by atoms with Crippen molar-refractivity contribution in [1.82, 2.24) is 34.2 Å². The number of aromatic nitrogens is 7. The zero-order valence-corrected chi connectivity index (χ0v) is 20.7. The first-order chi connectivity index (χ1) is 18.2. The molecule has 0 aliphatic carbocycles. The number of ether oxygens (including phenoxy) is 1. The lowest BCUT2D eigenvalue weighted by Crippen LogP contribution is -2.15. The van der Waals surface area contributed by atoms with E-state index in [9.17, 15) is 18.0 Å². The van der Waals surface area contributed by atoms with Crippen molar-refractivity contribution < 1.29 is 22.7 Å². The Morgan fingerprint density at radius 2 is 1.87 bits per heavy atom. The van der Waals surface area contributed by atoms with Crippen LogP contribution in [0, 0.1) is 6.92 Å². The van der Waals surface area contributed by atoms with E-state index >= 15 is 0 Å². The van der Waals surface area contributed by atoms with Crippen molar-refractivity contribution in [1.29, 1.82) is 0 Å². The summed E-state index contributed by atoms with van der Waals surface area (Å²) in [5.74, 6) is -0.132. The number of methoxy groups -OCH3 is 1. The summed E-state index contributed by atoms with van der Waals surface area (Å²) in [6.07, 6.45) is 0.111. The highest BCUT2D eigenvalue weighted by molar-refractivity contribution is 6.03. The number of rotatable bonds is 7. The van der Waals surface area contributed by atoms with Crippen LogP contribution in [0.3, 0.4) is 0 Å². The number of hydrogen-bond acceptors (Lipinski definition) is 6. The highest BCUT2D eigenvalue weighted by Gasteiger charge is 2.35. The summed E-state index contributed by atoms with van der Waals surface area (Å²) in [5.41, 5.74) is 1.52. The van der Waals surface area contributed by atoms with Crippen LogP contribution in [0.2, 0.25) is 0 Å². The highest BCUT2D eigenvalue weighted by atomic mass is 19.4. The molecular weight excluding hydrogens is 501 g/mol. The Balaban J connectivity index is 1.41. The summed E-state index contributed by atoms with van der Waals surface area (Å²) in [6.45, 7) is 5.16. The molecule has 13 heteroatoms. The van der Waals surface area contributed by atoms with Gasteiger partial charge in [-0.1, -0.05) is 0 Å². The molecule has 1 N–H and O–H groups in total. The molecule has 4 aromatic heterocycles. The van der Waals surface area contributed by atoms with Gasteiger partial charge < -0.3 is 10.1 Å². The van der Waals surface area contributed by atoms with Gasteiger partial charge in [-0.05, 0) is 44.2 Å². The predicted molar refractivity (Wildman–Crippen MR) is 132 cm³/mol. The molecule has 1 amide bonds. The smallest absolute Gasteiger partial charge is 0.433 e. The number of hydrogen-bond donors (Lipinski definition) is 1. The maximum absolute atomic E-state index is 13.9. The first kappa shape index (κ1) is 25.0. The van der Waals surface area contributed by atoms with Crippen molar-refractivity contribution in [2.45, 2.75) is 33.1 Å². The van der Waals surface area contributed by atoms with E-state index in [0.29, 0.717) is 28.1 Å². The molecule has 0 radical (unpaired) electrons. The van der Waals surface area contributed by atoms with E-state index < -0.39 is 17.8 Å². The summed E-state index contributed by atoms with van der Waals surface area (Å²) in [5, 5.41) is 15.1. The Labute approximate surface area is 214 Å². The number of alkyl halides is 3. The third kappa shape index (κ3) is 4.82. The Hall–Kier alpha value is -4.68. The van der Waals surface area contributed by atoms with Crippen LogP contribution in [0.4, 0.5) is 18.9 Å². The number of nitrogens with zero attached hydrogens (tertiary/aromatic N) is 7. The average Bonchev–Trinajstić information content (AvgIpc) is 3.62. The van der Waals surface area contributed by atoms with Crippen molar-refractivity contribution in [3.05, 3.63) is 77.6 Å². The molecule has 0 atom stereocenters. The zero-order valence-electron chi connectivity index (χ0n) is 20.7. The molecule has 196 valence electrons. The maximum Gasteiger partial charge on any atom is 0.433 e. The third-order valence-corrected chi connectivity index (χ3v) is 6.06. The largest absolute Gasteiger partial charge is 0.497 e. The number of amides is 1. The summed E-state index contributed by atoms with van der Waals surface area (Å²) < 4.78 is 50.9. The number of halogens is 3. The Morgan fingerprint density at radius 3 is 2.53 bits per heavy atom. The third-order valence-electron chi connectivity index (χ3n) is 6.06. The van der Waals surface area contributed by atoms with Gasteiger partial charge in [-0.2, -0.15) is 28.5 Å². The van der Waals surface area contributed by atoms with E-state index in [1.807, 2.05) is 18.5 Å². The van der Waals surface area contributed by atoms with Crippen LogP contribution in [0.15, 0.2) is 55.0 Å². The molecule has 0 aliphatic rings. The van der Waals surface area contributed by atoms with Crippen LogP contribution < -0.4 is 10.1 Å². The lowest BCUT2D eigenvalue weighted by molar-refractivity contribution is -0.142. The molecule has 1 aromatic carbocycles. The number of carbonyl (C=O) groups is 1. The van der Waals surface area contributed by atoms with Crippen molar-refractivity contribution in [2.75, 3.05) is 12.4 Å². The SMILES string of the molecule is CCn1ncc(Cn2cc(NC(=O)c3cc4nc(-c5ccc(OC)cc5)cc(C(F)(F)F)n4n3)cn2)c1C. The van der Waals surface area contributed by atoms with Gasteiger partial charge in [0, 0.05) is 35.6 Å². The van der Waals surface area contributed by atoms with E-state index in [1.165, 1.54) is 19.4 Å². The second kappa shape index (κ2) is 9.65. The molecule has 38 heavy (non-hydrogen) atoms. The van der Waals surface area contributed by atoms with Gasteiger partial charge in [0.25, 0.3) is 5.91 Å². The van der Waals surface area contributed by atoms with Gasteiger partial charge in [0.05, 0.1) is 37.4 Å². The molecule has 0 spiro atoms. The zero-order chi connectivity index (χ0) is 27.0. The number of aryl methyl sites for hydroxylation is 1. The number of nitrogens with one attached hydrogen (secondary N) is 1. The fourth-order valence-corrected chi connectivity index (χ4v) is 4.04. The van der Waals surface area contributed by atoms with Gasteiger partial charge in [-0.25, -0.2) is 9.50 Å². The number of anilines is 1. The summed E-state index contributed by atoms with van der Waals surface area (Å²) >= 11 is 0. The van der Waals surface area contributed by atoms with Crippen LogP contribution in [0.1, 0.15) is 34.4 Å². The second-order valence-corrected chi connectivity index (χ2v) is 8.50. The van der Waals surface area contributed by atoms with Crippen molar-refractivity contribution in [2.24, 2.45) is 0 Å². The minimum Gasteiger partial charge on any atom is -0.497 e. The maximum atomic E-state index is 13.9. The molecule has 10 nitrogen and oxygen atoms in total. The molecule has 4 heterocycles. The highest BCUT2D eigenvalue weighted by Crippen LogP contribution is 2.32. The molecule has 0 saturated carbocycles. The molecule has 0 saturated heterocycles. The predicted octanol–water partition coefficient (Wildman–Crippen LogP) is 4.45. The fourth-order valence-electron chi connectivity index (χ4n) is 4.04. The van der Waals surface area contributed by atoms with Crippen LogP contribution >= 0.6 is 0 Å². The van der Waals surface area contributed by atoms with Gasteiger partial charge in [0.1, 0.15) is 5.75 Å². The lowest BCUT2D eigenvalue weighted by atomic mass is 10.1. The van der Waals surface area contributed by atoms with Crippen LogP contribution in [0.25, 0.3) is 16.9 Å². The normalized spacial score (nSPS) is 11.7. The van der Waals surface area contributed by atoms with Gasteiger partial charge in [0.2, 0.25) is 0 Å². The second-order valence-electron chi connectivity index (χ2n) is 8.50. The Bertz CT molecular complexity index is 1620. The number of benzene rings is 1. The molecule has 0 bridgehead atoms. The monoisotopic (exact) mass is 524 g/mol.